The molecule has 0 aliphatic carbocycles. The maximum atomic E-state index is 5.34. The third-order valence-corrected chi connectivity index (χ3v) is 3.54. The van der Waals surface area contributed by atoms with E-state index in [9.17, 15) is 0 Å². The lowest BCUT2D eigenvalue weighted by atomic mass is 10.2. The van der Waals surface area contributed by atoms with Crippen molar-refractivity contribution in [2.45, 2.75) is 32.7 Å². The van der Waals surface area contributed by atoms with Gasteiger partial charge in [0.15, 0.2) is 4.77 Å². The second-order valence-corrected chi connectivity index (χ2v) is 5.25. The first-order chi connectivity index (χ1) is 7.72. The minimum atomic E-state index is 0.823. The number of fused-ring (bicyclic) bond motifs is 1. The van der Waals surface area contributed by atoms with Crippen molar-refractivity contribution >= 4 is 39.2 Å². The van der Waals surface area contributed by atoms with Crippen LogP contribution >= 0.6 is 28.1 Å². The zero-order chi connectivity index (χ0) is 11.5. The molecule has 1 N–H and O–H groups in total. The van der Waals surface area contributed by atoms with Crippen molar-refractivity contribution in [2.24, 2.45) is 0 Å². The van der Waals surface area contributed by atoms with Gasteiger partial charge in [0, 0.05) is 11.0 Å². The normalized spacial score (nSPS) is 11.1. The number of unbranched alkanes of at least 4 members (excludes halogenated alkanes) is 2. The van der Waals surface area contributed by atoms with E-state index in [4.69, 9.17) is 12.2 Å². The topological polar surface area (TPSA) is 20.7 Å². The van der Waals surface area contributed by atoms with Crippen molar-refractivity contribution < 1.29 is 0 Å². The lowest BCUT2D eigenvalue weighted by Crippen LogP contribution is -1.97. The van der Waals surface area contributed by atoms with Crippen LogP contribution in [0.5, 0.6) is 0 Å². The van der Waals surface area contributed by atoms with Crippen LogP contribution in [0.15, 0.2) is 22.7 Å². The fourth-order valence-electron chi connectivity index (χ4n) is 1.88. The molecule has 0 atom stereocenters. The second kappa shape index (κ2) is 5.15. The summed E-state index contributed by atoms with van der Waals surface area (Å²) in [5, 5.41) is 0. The predicted molar refractivity (Wildman–Crippen MR) is 74.3 cm³/mol. The molecule has 1 heterocycles. The van der Waals surface area contributed by atoms with Gasteiger partial charge in [-0.1, -0.05) is 35.7 Å². The summed E-state index contributed by atoms with van der Waals surface area (Å²) >= 11 is 8.80. The molecular formula is C12H15BrN2S. The fraction of sp³-hybridized carbons (Fsp3) is 0.417. The highest BCUT2D eigenvalue weighted by molar-refractivity contribution is 9.10. The molecule has 4 heteroatoms. The lowest BCUT2D eigenvalue weighted by molar-refractivity contribution is 0.608. The summed E-state index contributed by atoms with van der Waals surface area (Å²) in [5.41, 5.74) is 2.31. The fourth-order valence-corrected chi connectivity index (χ4v) is 2.54. The molecule has 0 saturated carbocycles. The highest BCUT2D eigenvalue weighted by Gasteiger charge is 2.03. The van der Waals surface area contributed by atoms with Crippen molar-refractivity contribution in [2.75, 3.05) is 0 Å². The van der Waals surface area contributed by atoms with Gasteiger partial charge < -0.3 is 9.55 Å². The Hall–Kier alpha value is -0.610. The molecule has 0 aliphatic rings. The zero-order valence-electron chi connectivity index (χ0n) is 9.29. The molecule has 2 nitrogen and oxygen atoms in total. The van der Waals surface area contributed by atoms with E-state index < -0.39 is 0 Å². The van der Waals surface area contributed by atoms with Gasteiger partial charge in [0.25, 0.3) is 0 Å². The first kappa shape index (κ1) is 11.9. The van der Waals surface area contributed by atoms with Crippen LogP contribution in [-0.4, -0.2) is 9.55 Å². The zero-order valence-corrected chi connectivity index (χ0v) is 11.7. The number of hydrogen-bond acceptors (Lipinski definition) is 1. The maximum absolute atomic E-state index is 5.34. The maximum Gasteiger partial charge on any atom is 0.178 e. The van der Waals surface area contributed by atoms with E-state index >= 15 is 0 Å². The number of hydrogen-bond donors (Lipinski definition) is 1. The van der Waals surface area contributed by atoms with Crippen LogP contribution in [0.1, 0.15) is 26.2 Å². The van der Waals surface area contributed by atoms with Crippen molar-refractivity contribution in [1.82, 2.24) is 9.55 Å². The number of rotatable bonds is 4. The van der Waals surface area contributed by atoms with Crippen molar-refractivity contribution in [3.8, 4) is 0 Å². The summed E-state index contributed by atoms with van der Waals surface area (Å²) in [6.45, 7) is 3.22. The number of aromatic amines is 1. The Morgan fingerprint density at radius 3 is 2.94 bits per heavy atom. The molecule has 0 bridgehead atoms. The van der Waals surface area contributed by atoms with Crippen LogP contribution in [0.2, 0.25) is 0 Å². The number of benzene rings is 1. The summed E-state index contributed by atoms with van der Waals surface area (Å²) in [7, 11) is 0. The van der Waals surface area contributed by atoms with Crippen LogP contribution in [-0.2, 0) is 6.54 Å². The number of nitrogens with zero attached hydrogens (tertiary/aromatic N) is 1. The van der Waals surface area contributed by atoms with Crippen molar-refractivity contribution in [3.63, 3.8) is 0 Å². The Kier molecular flexibility index (Phi) is 3.82. The van der Waals surface area contributed by atoms with Gasteiger partial charge in [-0.3, -0.25) is 0 Å². The highest BCUT2D eigenvalue weighted by Crippen LogP contribution is 2.20. The van der Waals surface area contributed by atoms with E-state index in [2.05, 4.69) is 50.6 Å². The molecule has 86 valence electrons. The van der Waals surface area contributed by atoms with Crippen LogP contribution in [0.25, 0.3) is 11.0 Å². The quantitative estimate of drug-likeness (QED) is 0.643. The molecule has 2 rings (SSSR count). The summed E-state index contributed by atoms with van der Waals surface area (Å²) in [6.07, 6.45) is 3.68. The van der Waals surface area contributed by atoms with Gasteiger partial charge in [0.1, 0.15) is 0 Å². The molecule has 0 amide bonds. The summed E-state index contributed by atoms with van der Waals surface area (Å²) < 4.78 is 4.09. The number of aromatic nitrogens is 2. The Bertz CT molecular complexity index is 541. The van der Waals surface area contributed by atoms with Gasteiger partial charge in [0.05, 0.1) is 11.0 Å². The number of aryl methyl sites for hydroxylation is 1. The van der Waals surface area contributed by atoms with E-state index in [1.54, 1.807) is 0 Å². The number of imidazole rings is 1. The van der Waals surface area contributed by atoms with E-state index in [1.165, 1.54) is 24.8 Å². The number of halogens is 1. The molecule has 2 aromatic rings. The summed E-state index contributed by atoms with van der Waals surface area (Å²) in [5.74, 6) is 0. The standard InChI is InChI=1S/C12H15BrN2S/c1-2-3-4-7-15-11-6-5-9(13)8-10(11)14-12(15)16/h5-6,8H,2-4,7H2,1H3,(H,14,16). The van der Waals surface area contributed by atoms with Crippen LogP contribution in [0.3, 0.4) is 0 Å². The SMILES string of the molecule is CCCCCn1c(=S)[nH]c2cc(Br)ccc21. The van der Waals surface area contributed by atoms with Gasteiger partial charge in [-0.25, -0.2) is 0 Å². The third kappa shape index (κ3) is 2.38. The van der Waals surface area contributed by atoms with Crippen molar-refractivity contribution in [1.29, 1.82) is 0 Å². The molecule has 0 fully saturated rings. The Balaban J connectivity index is 2.36. The van der Waals surface area contributed by atoms with E-state index in [-0.39, 0.29) is 0 Å². The molecule has 0 unspecified atom stereocenters. The molecule has 1 aromatic carbocycles. The Morgan fingerprint density at radius 2 is 2.19 bits per heavy atom. The number of H-pyrrole nitrogens is 1. The van der Waals surface area contributed by atoms with Gasteiger partial charge >= 0.3 is 0 Å². The van der Waals surface area contributed by atoms with E-state index in [0.717, 1.165) is 21.3 Å². The monoisotopic (exact) mass is 298 g/mol. The summed E-state index contributed by atoms with van der Waals surface area (Å²) in [4.78, 5) is 3.24. The molecule has 0 radical (unpaired) electrons. The molecule has 0 aliphatic heterocycles. The van der Waals surface area contributed by atoms with Crippen LogP contribution in [0, 0.1) is 4.77 Å². The average Bonchev–Trinajstić information content (AvgIpc) is 2.55. The predicted octanol–water partition coefficient (Wildman–Crippen LogP) is 4.65. The molecular weight excluding hydrogens is 284 g/mol. The van der Waals surface area contributed by atoms with Crippen LogP contribution < -0.4 is 0 Å². The smallest absolute Gasteiger partial charge is 0.178 e. The molecule has 0 spiro atoms. The van der Waals surface area contributed by atoms with Gasteiger partial charge in [-0.05, 0) is 36.8 Å². The molecule has 0 saturated heterocycles. The third-order valence-electron chi connectivity index (χ3n) is 2.72. The van der Waals surface area contributed by atoms with Crippen LogP contribution in [0.4, 0.5) is 0 Å². The lowest BCUT2D eigenvalue weighted by Gasteiger charge is -2.03. The highest BCUT2D eigenvalue weighted by atomic mass is 79.9. The molecule has 16 heavy (non-hydrogen) atoms. The van der Waals surface area contributed by atoms with E-state index in [0.29, 0.717) is 0 Å². The minimum Gasteiger partial charge on any atom is -0.331 e. The van der Waals surface area contributed by atoms with Gasteiger partial charge in [-0.2, -0.15) is 0 Å². The van der Waals surface area contributed by atoms with Crippen molar-refractivity contribution in [3.05, 3.63) is 27.4 Å². The Labute approximate surface area is 109 Å². The minimum absolute atomic E-state index is 0.823. The largest absolute Gasteiger partial charge is 0.331 e. The number of nitrogens with one attached hydrogen (secondary N) is 1. The average molecular weight is 299 g/mol. The van der Waals surface area contributed by atoms with E-state index in [1.807, 2.05) is 0 Å². The summed E-state index contributed by atoms with van der Waals surface area (Å²) in [6, 6.07) is 6.24. The first-order valence-corrected chi connectivity index (χ1v) is 6.80. The van der Waals surface area contributed by atoms with Gasteiger partial charge in [0.2, 0.25) is 0 Å². The Morgan fingerprint density at radius 1 is 1.38 bits per heavy atom. The molecule has 1 aromatic heterocycles. The second-order valence-electron chi connectivity index (χ2n) is 3.95. The first-order valence-electron chi connectivity index (χ1n) is 5.60. The van der Waals surface area contributed by atoms with Gasteiger partial charge in [-0.15, -0.1) is 0 Å².